The zero-order valence-electron chi connectivity index (χ0n) is 21.9. The van der Waals surface area contributed by atoms with Crippen molar-refractivity contribution in [2.45, 2.75) is 87.0 Å². The largest absolute Gasteiger partial charge is 0.481 e. The zero-order chi connectivity index (χ0) is 24.0. The van der Waals surface area contributed by atoms with Crippen molar-refractivity contribution in [1.82, 2.24) is 0 Å². The Morgan fingerprint density at radius 3 is 2.18 bits per heavy atom. The number of carboxylic acid groups (broad SMARTS) is 1. The molecular formula is C30H46O3. The normalized spacial score (nSPS) is 56.0. The predicted molar refractivity (Wildman–Crippen MR) is 131 cm³/mol. The minimum absolute atomic E-state index is 0.0186. The third-order valence-corrected chi connectivity index (χ3v) is 13.2. The molecule has 0 heterocycles. The molecule has 1 N–H and O–H groups in total. The lowest BCUT2D eigenvalue weighted by atomic mass is 9.36. The van der Waals surface area contributed by atoms with Gasteiger partial charge in [-0.1, -0.05) is 66.4 Å². The zero-order valence-corrected chi connectivity index (χ0v) is 21.9. The third-order valence-electron chi connectivity index (χ3n) is 13.2. The van der Waals surface area contributed by atoms with Crippen LogP contribution in [0, 0.1) is 75.9 Å². The lowest BCUT2D eigenvalue weighted by Crippen LogP contribution is -2.65. The average Bonchev–Trinajstić information content (AvgIpc) is 2.79. The van der Waals surface area contributed by atoms with Crippen molar-refractivity contribution >= 4 is 11.8 Å². The van der Waals surface area contributed by atoms with Gasteiger partial charge in [-0.05, 0) is 96.9 Å². The fourth-order valence-corrected chi connectivity index (χ4v) is 10.6. The van der Waals surface area contributed by atoms with E-state index in [2.05, 4.69) is 47.6 Å². The molecule has 4 fully saturated rings. The first-order valence-corrected chi connectivity index (χ1v) is 14.0. The highest BCUT2D eigenvalue weighted by Crippen LogP contribution is 2.70. The van der Waals surface area contributed by atoms with E-state index >= 15 is 0 Å². The molecule has 0 aromatic heterocycles. The molecular weight excluding hydrogens is 408 g/mol. The highest BCUT2D eigenvalue weighted by Gasteiger charge is 2.67. The molecule has 4 saturated carbocycles. The number of fused-ring (bicyclic) bond motifs is 7. The molecule has 5 rings (SSSR count). The minimum atomic E-state index is -0.768. The summed E-state index contributed by atoms with van der Waals surface area (Å²) in [5.41, 5.74) is 0.600. The smallest absolute Gasteiger partial charge is 0.309 e. The first-order valence-electron chi connectivity index (χ1n) is 14.0. The van der Waals surface area contributed by atoms with Gasteiger partial charge >= 0.3 is 5.97 Å². The molecule has 0 aliphatic heterocycles. The maximum atomic E-state index is 13.9. The van der Waals surface area contributed by atoms with E-state index < -0.39 is 11.4 Å². The van der Waals surface area contributed by atoms with Gasteiger partial charge in [0.25, 0.3) is 0 Å². The van der Waals surface area contributed by atoms with Gasteiger partial charge in [0.1, 0.15) is 0 Å². The SMILES string of the molecule is CC1C2C(=CC(=O)C3C4CCCCC4CCC23)C2C(C)C(C)(C(=O)O)C(C)C(C)C2(C)C1C. The van der Waals surface area contributed by atoms with E-state index in [9.17, 15) is 14.7 Å². The maximum absolute atomic E-state index is 13.9. The molecule has 0 bridgehead atoms. The standard InChI is InChI=1S/C30H46O3/c1-15-16(2)29(6)17(3)18(4)30(7,28(32)33)19(5)27(29)23-14-24(31)26-21-11-9-8-10-20(21)12-13-22(26)25(15)23/h14-22,25-27H,8-13H2,1-7H3,(H,32,33). The van der Waals surface area contributed by atoms with Crippen LogP contribution in [-0.4, -0.2) is 16.9 Å². The van der Waals surface area contributed by atoms with Crippen LogP contribution in [-0.2, 0) is 9.59 Å². The van der Waals surface area contributed by atoms with E-state index in [1.807, 2.05) is 6.92 Å². The van der Waals surface area contributed by atoms with Crippen LogP contribution in [0.3, 0.4) is 0 Å². The summed E-state index contributed by atoms with van der Waals surface area (Å²) in [6.07, 6.45) is 9.76. The van der Waals surface area contributed by atoms with Crippen molar-refractivity contribution in [3.63, 3.8) is 0 Å². The van der Waals surface area contributed by atoms with Crippen LogP contribution in [0.25, 0.3) is 0 Å². The molecule has 5 aliphatic carbocycles. The molecule has 13 atom stereocenters. The van der Waals surface area contributed by atoms with E-state index in [-0.39, 0.29) is 29.1 Å². The Labute approximate surface area is 201 Å². The average molecular weight is 455 g/mol. The van der Waals surface area contributed by atoms with E-state index in [0.29, 0.717) is 41.3 Å². The predicted octanol–water partition coefficient (Wildman–Crippen LogP) is 6.87. The van der Waals surface area contributed by atoms with E-state index in [1.54, 1.807) is 0 Å². The Morgan fingerprint density at radius 2 is 1.52 bits per heavy atom. The molecule has 0 amide bonds. The molecule has 5 aliphatic rings. The number of carboxylic acids is 1. The van der Waals surface area contributed by atoms with Crippen LogP contribution in [0.1, 0.15) is 87.0 Å². The van der Waals surface area contributed by atoms with Crippen molar-refractivity contribution in [2.75, 3.05) is 0 Å². The van der Waals surface area contributed by atoms with Crippen molar-refractivity contribution in [1.29, 1.82) is 0 Å². The molecule has 3 heteroatoms. The number of carbonyl (C=O) groups excluding carboxylic acids is 1. The van der Waals surface area contributed by atoms with Crippen LogP contribution in [0.15, 0.2) is 11.6 Å². The second-order valence-electron chi connectivity index (χ2n) is 13.5. The van der Waals surface area contributed by atoms with Crippen LogP contribution >= 0.6 is 0 Å². The topological polar surface area (TPSA) is 54.4 Å². The summed E-state index contributed by atoms with van der Waals surface area (Å²) in [5, 5.41) is 10.4. The molecule has 0 radical (unpaired) electrons. The fourth-order valence-electron chi connectivity index (χ4n) is 10.6. The molecule has 0 saturated heterocycles. The first-order chi connectivity index (χ1) is 15.5. The Balaban J connectivity index is 1.64. The summed E-state index contributed by atoms with van der Waals surface area (Å²) >= 11 is 0. The number of ketones is 1. The van der Waals surface area contributed by atoms with Crippen LogP contribution in [0.4, 0.5) is 0 Å². The van der Waals surface area contributed by atoms with Crippen LogP contribution in [0.2, 0.25) is 0 Å². The fraction of sp³-hybridized carbons (Fsp3) is 0.867. The summed E-state index contributed by atoms with van der Waals surface area (Å²) in [7, 11) is 0. The summed E-state index contributed by atoms with van der Waals surface area (Å²) in [6.45, 7) is 16.0. The van der Waals surface area contributed by atoms with Gasteiger partial charge in [0.05, 0.1) is 5.41 Å². The summed E-state index contributed by atoms with van der Waals surface area (Å²) in [4.78, 5) is 26.6. The Kier molecular flexibility index (Phi) is 5.50. The molecule has 0 aromatic carbocycles. The molecule has 184 valence electrons. The Hall–Kier alpha value is -1.12. The minimum Gasteiger partial charge on any atom is -0.481 e. The van der Waals surface area contributed by atoms with Gasteiger partial charge in [-0.25, -0.2) is 0 Å². The van der Waals surface area contributed by atoms with Gasteiger partial charge in [-0.3, -0.25) is 9.59 Å². The second-order valence-corrected chi connectivity index (χ2v) is 13.5. The molecule has 3 nitrogen and oxygen atoms in total. The third kappa shape index (κ3) is 2.86. The molecule has 0 spiro atoms. The van der Waals surface area contributed by atoms with Gasteiger partial charge < -0.3 is 5.11 Å². The van der Waals surface area contributed by atoms with Crippen molar-refractivity contribution in [3.05, 3.63) is 11.6 Å². The highest BCUT2D eigenvalue weighted by molar-refractivity contribution is 5.94. The lowest BCUT2D eigenvalue weighted by molar-refractivity contribution is -0.192. The Morgan fingerprint density at radius 1 is 0.848 bits per heavy atom. The Bertz CT molecular complexity index is 874. The van der Waals surface area contributed by atoms with Gasteiger partial charge in [-0.2, -0.15) is 0 Å². The van der Waals surface area contributed by atoms with Gasteiger partial charge in [-0.15, -0.1) is 0 Å². The number of allylic oxidation sites excluding steroid dienone is 2. The number of carbonyl (C=O) groups is 2. The van der Waals surface area contributed by atoms with Gasteiger partial charge in [0, 0.05) is 5.92 Å². The van der Waals surface area contributed by atoms with E-state index in [4.69, 9.17) is 0 Å². The lowest BCUT2D eigenvalue weighted by Gasteiger charge is -2.68. The van der Waals surface area contributed by atoms with Crippen molar-refractivity contribution < 1.29 is 14.7 Å². The molecule has 0 aromatic rings. The van der Waals surface area contributed by atoms with Gasteiger partial charge in [0.15, 0.2) is 5.78 Å². The second kappa shape index (κ2) is 7.69. The molecule has 33 heavy (non-hydrogen) atoms. The number of rotatable bonds is 1. The monoisotopic (exact) mass is 454 g/mol. The summed E-state index contributed by atoms with van der Waals surface area (Å²) in [5.74, 6) is 3.85. The summed E-state index contributed by atoms with van der Waals surface area (Å²) in [6, 6.07) is 0. The van der Waals surface area contributed by atoms with Crippen LogP contribution < -0.4 is 0 Å². The number of hydrogen-bond acceptors (Lipinski definition) is 2. The quantitative estimate of drug-likeness (QED) is 0.470. The first kappa shape index (κ1) is 23.6. The molecule has 13 unspecified atom stereocenters. The van der Waals surface area contributed by atoms with Gasteiger partial charge in [0.2, 0.25) is 0 Å². The van der Waals surface area contributed by atoms with E-state index in [1.165, 1.54) is 44.1 Å². The maximum Gasteiger partial charge on any atom is 0.309 e. The van der Waals surface area contributed by atoms with Crippen molar-refractivity contribution in [3.8, 4) is 0 Å². The summed E-state index contributed by atoms with van der Waals surface area (Å²) < 4.78 is 0. The van der Waals surface area contributed by atoms with Crippen LogP contribution in [0.5, 0.6) is 0 Å². The highest BCUT2D eigenvalue weighted by atomic mass is 16.4. The van der Waals surface area contributed by atoms with E-state index in [0.717, 1.165) is 5.92 Å². The number of aliphatic carboxylic acids is 1. The van der Waals surface area contributed by atoms with Crippen molar-refractivity contribution in [2.24, 2.45) is 75.9 Å². The number of hydrogen-bond donors (Lipinski definition) is 1.